The van der Waals surface area contributed by atoms with Crippen LogP contribution >= 0.6 is 0 Å². The molecule has 1 N–H and O–H groups in total. The van der Waals surface area contributed by atoms with Gasteiger partial charge in [0, 0.05) is 18.2 Å². The van der Waals surface area contributed by atoms with E-state index in [1.54, 1.807) is 10.7 Å². The lowest BCUT2D eigenvalue weighted by Gasteiger charge is -2.24. The van der Waals surface area contributed by atoms with Gasteiger partial charge < -0.3 is 19.5 Å². The Kier molecular flexibility index (Phi) is 4.59. The minimum atomic E-state index is -0.709. The molecule has 1 amide bonds. The van der Waals surface area contributed by atoms with Gasteiger partial charge in [-0.25, -0.2) is 8.78 Å². The fraction of sp³-hybridized carbons (Fsp3) is 0.238. The second kappa shape index (κ2) is 7.42. The average molecular weight is 413 g/mol. The molecule has 2 aromatic carbocycles. The van der Waals surface area contributed by atoms with Gasteiger partial charge in [-0.3, -0.25) is 9.48 Å². The van der Waals surface area contributed by atoms with Gasteiger partial charge in [0.15, 0.2) is 17.2 Å². The maximum atomic E-state index is 13.7. The zero-order chi connectivity index (χ0) is 20.7. The summed E-state index contributed by atoms with van der Waals surface area (Å²) in [5, 5.41) is 6.97. The molecule has 0 unspecified atom stereocenters. The molecule has 9 heteroatoms. The van der Waals surface area contributed by atoms with E-state index in [1.807, 2.05) is 18.2 Å². The Hall–Kier alpha value is -3.46. The average Bonchev–Trinajstić information content (AvgIpc) is 3.38. The minimum Gasteiger partial charge on any atom is -0.454 e. The number of hydrogen-bond donors (Lipinski definition) is 1. The van der Waals surface area contributed by atoms with E-state index >= 15 is 0 Å². The molecule has 0 fully saturated rings. The Labute approximate surface area is 170 Å². The first-order chi connectivity index (χ1) is 14.6. The number of aromatic nitrogens is 2. The minimum absolute atomic E-state index is 0.0660. The molecule has 30 heavy (non-hydrogen) atoms. The predicted molar refractivity (Wildman–Crippen MR) is 99.9 cm³/mol. The van der Waals surface area contributed by atoms with Gasteiger partial charge >= 0.3 is 0 Å². The van der Waals surface area contributed by atoms with Crippen LogP contribution in [0.4, 0.5) is 8.78 Å². The molecule has 2 aliphatic heterocycles. The van der Waals surface area contributed by atoms with Crippen molar-refractivity contribution in [1.29, 1.82) is 0 Å². The van der Waals surface area contributed by atoms with Crippen LogP contribution in [0.5, 0.6) is 11.5 Å². The van der Waals surface area contributed by atoms with Crippen molar-refractivity contribution in [3.05, 3.63) is 76.6 Å². The van der Waals surface area contributed by atoms with Crippen LogP contribution in [0.2, 0.25) is 0 Å². The van der Waals surface area contributed by atoms with E-state index in [4.69, 9.17) is 14.2 Å². The maximum Gasteiger partial charge on any atom is 0.272 e. The lowest BCUT2D eigenvalue weighted by atomic mass is 10.1. The van der Waals surface area contributed by atoms with Crippen molar-refractivity contribution in [3.8, 4) is 11.5 Å². The summed E-state index contributed by atoms with van der Waals surface area (Å²) in [6.45, 7) is 0.873. The van der Waals surface area contributed by atoms with Gasteiger partial charge in [0.1, 0.15) is 17.7 Å². The molecule has 2 aliphatic rings. The van der Waals surface area contributed by atoms with Crippen LogP contribution in [-0.2, 0) is 24.4 Å². The molecular formula is C21H17F2N3O4. The maximum absolute atomic E-state index is 13.7. The zero-order valence-corrected chi connectivity index (χ0v) is 15.7. The number of benzene rings is 2. The summed E-state index contributed by atoms with van der Waals surface area (Å²) >= 11 is 0. The number of halogens is 2. The summed E-state index contributed by atoms with van der Waals surface area (Å²) in [4.78, 5) is 12.4. The van der Waals surface area contributed by atoms with Crippen molar-refractivity contribution in [2.24, 2.45) is 0 Å². The topological polar surface area (TPSA) is 74.6 Å². The molecule has 5 rings (SSSR count). The Morgan fingerprint density at radius 3 is 2.87 bits per heavy atom. The second-order valence-electron chi connectivity index (χ2n) is 7.03. The highest BCUT2D eigenvalue weighted by Crippen LogP contribution is 2.36. The van der Waals surface area contributed by atoms with Gasteiger partial charge in [0.05, 0.1) is 18.8 Å². The van der Waals surface area contributed by atoms with E-state index in [9.17, 15) is 13.6 Å². The number of rotatable bonds is 4. The van der Waals surface area contributed by atoms with Gasteiger partial charge in [-0.05, 0) is 29.8 Å². The van der Waals surface area contributed by atoms with Crippen molar-refractivity contribution >= 4 is 5.91 Å². The fourth-order valence-corrected chi connectivity index (χ4v) is 3.48. The SMILES string of the molecule is O=C(NCc1ccc(F)cc1F)c1cc2n(n1)C[C@H](c1ccc3c(c1)OCO3)OC2. The lowest BCUT2D eigenvalue weighted by Crippen LogP contribution is -2.24. The summed E-state index contributed by atoms with van der Waals surface area (Å²) in [6, 6.07) is 10.5. The molecule has 0 radical (unpaired) electrons. The Morgan fingerprint density at radius 2 is 2.00 bits per heavy atom. The van der Waals surface area contributed by atoms with E-state index < -0.39 is 17.5 Å². The van der Waals surface area contributed by atoms with Crippen LogP contribution in [0, 0.1) is 11.6 Å². The Morgan fingerprint density at radius 1 is 1.13 bits per heavy atom. The number of fused-ring (bicyclic) bond motifs is 2. The van der Waals surface area contributed by atoms with Crippen LogP contribution in [0.1, 0.15) is 33.4 Å². The molecule has 0 saturated carbocycles. The number of amides is 1. The largest absolute Gasteiger partial charge is 0.454 e. The first-order valence-corrected chi connectivity index (χ1v) is 9.37. The normalized spacial score (nSPS) is 16.9. The molecule has 0 spiro atoms. The van der Waals surface area contributed by atoms with E-state index in [-0.39, 0.29) is 30.7 Å². The molecule has 7 nitrogen and oxygen atoms in total. The number of nitrogens with one attached hydrogen (secondary N) is 1. The summed E-state index contributed by atoms with van der Waals surface area (Å²) in [7, 11) is 0. The molecular weight excluding hydrogens is 396 g/mol. The van der Waals surface area contributed by atoms with Crippen LogP contribution in [0.25, 0.3) is 0 Å². The monoisotopic (exact) mass is 413 g/mol. The quantitative estimate of drug-likeness (QED) is 0.712. The highest BCUT2D eigenvalue weighted by molar-refractivity contribution is 5.92. The van der Waals surface area contributed by atoms with Crippen molar-refractivity contribution in [3.63, 3.8) is 0 Å². The third-order valence-corrected chi connectivity index (χ3v) is 5.09. The van der Waals surface area contributed by atoms with Crippen molar-refractivity contribution in [2.75, 3.05) is 6.79 Å². The molecule has 3 heterocycles. The molecule has 3 aromatic rings. The number of carbonyl (C=O) groups is 1. The zero-order valence-electron chi connectivity index (χ0n) is 15.7. The first kappa shape index (κ1) is 18.6. The van der Waals surface area contributed by atoms with Gasteiger partial charge in [0.25, 0.3) is 5.91 Å². The van der Waals surface area contributed by atoms with Crippen molar-refractivity contribution < 1.29 is 27.8 Å². The summed E-state index contributed by atoms with van der Waals surface area (Å²) in [5.41, 5.74) is 2.10. The highest BCUT2D eigenvalue weighted by atomic mass is 19.1. The Bertz CT molecular complexity index is 1130. The van der Waals surface area contributed by atoms with Crippen molar-refractivity contribution in [1.82, 2.24) is 15.1 Å². The van der Waals surface area contributed by atoms with E-state index in [0.29, 0.717) is 24.7 Å². The second-order valence-corrected chi connectivity index (χ2v) is 7.03. The molecule has 0 saturated heterocycles. The summed E-state index contributed by atoms with van der Waals surface area (Å²) in [5.74, 6) is -0.442. The predicted octanol–water partition coefficient (Wildman–Crippen LogP) is 3.09. The van der Waals surface area contributed by atoms with Crippen LogP contribution in [0.15, 0.2) is 42.5 Å². The van der Waals surface area contributed by atoms with E-state index in [2.05, 4.69) is 10.4 Å². The van der Waals surface area contributed by atoms with Gasteiger partial charge in [0.2, 0.25) is 6.79 Å². The molecule has 0 bridgehead atoms. The van der Waals surface area contributed by atoms with E-state index in [0.717, 1.165) is 23.4 Å². The number of nitrogens with zero attached hydrogens (tertiary/aromatic N) is 2. The lowest BCUT2D eigenvalue weighted by molar-refractivity contribution is -0.00128. The van der Waals surface area contributed by atoms with E-state index in [1.165, 1.54) is 6.07 Å². The highest BCUT2D eigenvalue weighted by Gasteiger charge is 2.26. The Balaban J connectivity index is 1.27. The summed E-state index contributed by atoms with van der Waals surface area (Å²) in [6.07, 6.45) is -0.240. The number of hydrogen-bond acceptors (Lipinski definition) is 5. The van der Waals surface area contributed by atoms with Gasteiger partial charge in [-0.1, -0.05) is 12.1 Å². The third-order valence-electron chi connectivity index (χ3n) is 5.09. The standard InChI is InChI=1S/C21H17F2N3O4/c22-14-3-1-13(16(23)6-14)8-24-21(27)17-7-15-10-28-20(9-26(15)25-17)12-2-4-18-19(5-12)30-11-29-18/h1-7,20H,8-11H2,(H,24,27)/t20-/m1/s1. The molecule has 1 atom stereocenters. The molecule has 1 aromatic heterocycles. The van der Waals surface area contributed by atoms with Crippen molar-refractivity contribution in [2.45, 2.75) is 25.8 Å². The smallest absolute Gasteiger partial charge is 0.272 e. The molecule has 0 aliphatic carbocycles. The molecule has 154 valence electrons. The first-order valence-electron chi connectivity index (χ1n) is 9.37. The number of ether oxygens (including phenoxy) is 3. The summed E-state index contributed by atoms with van der Waals surface area (Å²) < 4.78 is 45.1. The third kappa shape index (κ3) is 3.48. The van der Waals surface area contributed by atoms with Crippen LogP contribution in [-0.4, -0.2) is 22.5 Å². The van der Waals surface area contributed by atoms with Gasteiger partial charge in [-0.15, -0.1) is 0 Å². The fourth-order valence-electron chi connectivity index (χ4n) is 3.48. The van der Waals surface area contributed by atoms with Gasteiger partial charge in [-0.2, -0.15) is 5.10 Å². The van der Waals surface area contributed by atoms with Crippen LogP contribution < -0.4 is 14.8 Å². The van der Waals surface area contributed by atoms with Crippen LogP contribution in [0.3, 0.4) is 0 Å². The number of carbonyl (C=O) groups excluding carboxylic acids is 1.